The van der Waals surface area contributed by atoms with Gasteiger partial charge in [-0.3, -0.25) is 9.59 Å². The Morgan fingerprint density at radius 3 is 2.19 bits per heavy atom. The zero-order valence-corrected chi connectivity index (χ0v) is 18.4. The van der Waals surface area contributed by atoms with E-state index in [1.165, 1.54) is 40.7 Å². The van der Waals surface area contributed by atoms with Gasteiger partial charge >= 0.3 is 0 Å². The number of nitrogens with zero attached hydrogens (tertiary/aromatic N) is 1. The van der Waals surface area contributed by atoms with E-state index in [2.05, 4.69) is 5.32 Å². The number of fused-ring (bicyclic) bond motifs is 1. The number of benzene rings is 3. The van der Waals surface area contributed by atoms with Gasteiger partial charge in [-0.1, -0.05) is 35.9 Å². The molecule has 0 spiro atoms. The first kappa shape index (κ1) is 22.0. The van der Waals surface area contributed by atoms with Gasteiger partial charge in [-0.05, 0) is 66.1 Å². The van der Waals surface area contributed by atoms with E-state index in [-0.39, 0.29) is 17.9 Å². The van der Waals surface area contributed by atoms with Crippen molar-refractivity contribution in [2.24, 2.45) is 5.73 Å². The molecule has 3 aromatic rings. The molecule has 1 aliphatic heterocycles. The summed E-state index contributed by atoms with van der Waals surface area (Å²) in [5.41, 5.74) is 7.75. The first-order chi connectivity index (χ1) is 15.3. The number of nitrogens with two attached hydrogens (primary N) is 1. The Labute approximate surface area is 190 Å². The van der Waals surface area contributed by atoms with E-state index >= 15 is 0 Å². The Kier molecular flexibility index (Phi) is 6.01. The van der Waals surface area contributed by atoms with Crippen LogP contribution in [0.3, 0.4) is 0 Å². The Hall–Kier alpha value is -3.20. The molecule has 7 nitrogen and oxygen atoms in total. The number of sulfonamides is 1. The molecular formula is C23H20ClN3O4S. The number of nitrogens with one attached hydrogen (secondary N) is 1. The maximum absolute atomic E-state index is 13.4. The van der Waals surface area contributed by atoms with Crippen LogP contribution in [0.5, 0.6) is 0 Å². The normalized spacial score (nSPS) is 16.2. The van der Waals surface area contributed by atoms with Crippen molar-refractivity contribution in [2.45, 2.75) is 23.9 Å². The van der Waals surface area contributed by atoms with E-state index in [0.717, 1.165) is 11.1 Å². The summed E-state index contributed by atoms with van der Waals surface area (Å²) in [6.07, 6.45) is 0.230. The molecule has 1 heterocycles. The molecule has 4 rings (SSSR count). The van der Waals surface area contributed by atoms with E-state index in [4.69, 9.17) is 17.3 Å². The maximum atomic E-state index is 13.4. The van der Waals surface area contributed by atoms with Crippen molar-refractivity contribution in [3.8, 4) is 0 Å². The molecule has 0 saturated heterocycles. The zero-order valence-electron chi connectivity index (χ0n) is 16.9. The lowest BCUT2D eigenvalue weighted by molar-refractivity contribution is -0.120. The molecule has 32 heavy (non-hydrogen) atoms. The van der Waals surface area contributed by atoms with Crippen LogP contribution in [0.25, 0.3) is 0 Å². The van der Waals surface area contributed by atoms with E-state index in [1.807, 2.05) is 24.3 Å². The van der Waals surface area contributed by atoms with Crippen LogP contribution in [0.4, 0.5) is 5.69 Å². The summed E-state index contributed by atoms with van der Waals surface area (Å²) >= 11 is 5.91. The van der Waals surface area contributed by atoms with Crippen LogP contribution in [0.1, 0.15) is 21.5 Å². The maximum Gasteiger partial charge on any atom is 0.248 e. The third-order valence-corrected chi connectivity index (χ3v) is 7.49. The molecule has 9 heteroatoms. The molecule has 3 aromatic carbocycles. The summed E-state index contributed by atoms with van der Waals surface area (Å²) in [5, 5.41) is 3.17. The second-order valence-electron chi connectivity index (χ2n) is 7.42. The first-order valence-electron chi connectivity index (χ1n) is 9.80. The van der Waals surface area contributed by atoms with E-state index in [1.54, 1.807) is 12.1 Å². The molecule has 0 bridgehead atoms. The minimum atomic E-state index is -3.97. The van der Waals surface area contributed by atoms with Gasteiger partial charge in [0.2, 0.25) is 21.8 Å². The number of hydrogen-bond donors (Lipinski definition) is 2. The van der Waals surface area contributed by atoms with Crippen LogP contribution < -0.4 is 11.1 Å². The number of amides is 2. The Bertz CT molecular complexity index is 1280. The van der Waals surface area contributed by atoms with Crippen LogP contribution in [0.15, 0.2) is 77.7 Å². The third kappa shape index (κ3) is 4.38. The second-order valence-corrected chi connectivity index (χ2v) is 9.75. The Morgan fingerprint density at radius 1 is 0.938 bits per heavy atom. The SMILES string of the molecule is NC(=O)c1ccc(NC(=O)[C@H]2Cc3ccccc3CN2S(=O)(=O)c2ccc(Cl)cc2)cc1. The summed E-state index contributed by atoms with van der Waals surface area (Å²) in [6, 6.07) is 18.4. The lowest BCUT2D eigenvalue weighted by atomic mass is 9.95. The van der Waals surface area contributed by atoms with Crippen molar-refractivity contribution >= 4 is 39.1 Å². The van der Waals surface area contributed by atoms with Crippen LogP contribution in [-0.2, 0) is 27.8 Å². The lowest BCUT2D eigenvalue weighted by Crippen LogP contribution is -2.50. The smallest absolute Gasteiger partial charge is 0.248 e. The van der Waals surface area contributed by atoms with Gasteiger partial charge in [0.25, 0.3) is 0 Å². The molecule has 0 aliphatic carbocycles. The zero-order chi connectivity index (χ0) is 22.9. The molecule has 164 valence electrons. The number of carbonyl (C=O) groups is 2. The lowest BCUT2D eigenvalue weighted by Gasteiger charge is -2.35. The highest BCUT2D eigenvalue weighted by Crippen LogP contribution is 2.30. The van der Waals surface area contributed by atoms with Gasteiger partial charge in [0, 0.05) is 22.8 Å². The summed E-state index contributed by atoms with van der Waals surface area (Å²) < 4.78 is 28.1. The molecule has 0 fully saturated rings. The fourth-order valence-corrected chi connectivity index (χ4v) is 5.35. The standard InChI is InChI=1S/C23H20ClN3O4S/c24-18-7-11-20(12-8-18)32(30,31)27-14-17-4-2-1-3-16(17)13-21(27)23(29)26-19-9-5-15(6-10-19)22(25)28/h1-12,21H,13-14H2,(H2,25,28)(H,26,29)/t21-/m1/s1. The van der Waals surface area contributed by atoms with Crippen molar-refractivity contribution in [2.75, 3.05) is 5.32 Å². The largest absolute Gasteiger partial charge is 0.366 e. The van der Waals surface area contributed by atoms with Crippen molar-refractivity contribution in [1.29, 1.82) is 0 Å². The number of hydrogen-bond acceptors (Lipinski definition) is 4. The van der Waals surface area contributed by atoms with Crippen LogP contribution in [0, 0.1) is 0 Å². The highest BCUT2D eigenvalue weighted by Gasteiger charge is 2.39. The fraction of sp³-hybridized carbons (Fsp3) is 0.130. The van der Waals surface area contributed by atoms with Gasteiger partial charge < -0.3 is 11.1 Å². The molecule has 1 aliphatic rings. The molecule has 0 aromatic heterocycles. The molecule has 1 atom stereocenters. The molecular weight excluding hydrogens is 450 g/mol. The average Bonchev–Trinajstić information content (AvgIpc) is 2.78. The van der Waals surface area contributed by atoms with E-state index < -0.39 is 27.9 Å². The number of anilines is 1. The summed E-state index contributed by atoms with van der Waals surface area (Å²) in [6.45, 7) is 0.0693. The van der Waals surface area contributed by atoms with Gasteiger partial charge in [0.1, 0.15) is 6.04 Å². The Balaban J connectivity index is 1.67. The van der Waals surface area contributed by atoms with E-state index in [9.17, 15) is 18.0 Å². The quantitative estimate of drug-likeness (QED) is 0.597. The van der Waals surface area contributed by atoms with Gasteiger partial charge in [0.05, 0.1) is 4.90 Å². The highest BCUT2D eigenvalue weighted by atomic mass is 35.5. The monoisotopic (exact) mass is 469 g/mol. The number of rotatable bonds is 5. The molecule has 0 saturated carbocycles. The summed E-state index contributed by atoms with van der Waals surface area (Å²) in [7, 11) is -3.97. The highest BCUT2D eigenvalue weighted by molar-refractivity contribution is 7.89. The fourth-order valence-electron chi connectivity index (χ4n) is 3.66. The van der Waals surface area contributed by atoms with Crippen LogP contribution in [-0.4, -0.2) is 30.6 Å². The summed E-state index contributed by atoms with van der Waals surface area (Å²) in [5.74, 6) is -1.05. The second kappa shape index (κ2) is 8.74. The van der Waals surface area contributed by atoms with Gasteiger partial charge in [0.15, 0.2) is 0 Å². The molecule has 0 unspecified atom stereocenters. The van der Waals surface area contributed by atoms with Crippen molar-refractivity contribution < 1.29 is 18.0 Å². The summed E-state index contributed by atoms with van der Waals surface area (Å²) in [4.78, 5) is 24.5. The topological polar surface area (TPSA) is 110 Å². The average molecular weight is 470 g/mol. The molecule has 3 N–H and O–H groups in total. The van der Waals surface area contributed by atoms with Crippen molar-refractivity contribution in [3.63, 3.8) is 0 Å². The van der Waals surface area contributed by atoms with Crippen LogP contribution in [0.2, 0.25) is 5.02 Å². The number of primary amides is 1. The minimum Gasteiger partial charge on any atom is -0.366 e. The third-order valence-electron chi connectivity index (χ3n) is 5.37. The molecule has 2 amide bonds. The van der Waals surface area contributed by atoms with Gasteiger partial charge in [-0.15, -0.1) is 0 Å². The number of halogens is 1. The Morgan fingerprint density at radius 2 is 1.56 bits per heavy atom. The predicted octanol–water partition coefficient (Wildman–Crippen LogP) is 3.19. The predicted molar refractivity (Wildman–Crippen MR) is 122 cm³/mol. The first-order valence-corrected chi connectivity index (χ1v) is 11.6. The van der Waals surface area contributed by atoms with Gasteiger partial charge in [-0.2, -0.15) is 4.31 Å². The van der Waals surface area contributed by atoms with Crippen molar-refractivity contribution in [3.05, 3.63) is 94.5 Å². The minimum absolute atomic E-state index is 0.0601. The van der Waals surface area contributed by atoms with Crippen LogP contribution >= 0.6 is 11.6 Å². The molecule has 0 radical (unpaired) electrons. The van der Waals surface area contributed by atoms with E-state index in [0.29, 0.717) is 16.3 Å². The number of carbonyl (C=O) groups excluding carboxylic acids is 2. The van der Waals surface area contributed by atoms with Gasteiger partial charge in [-0.25, -0.2) is 8.42 Å². The van der Waals surface area contributed by atoms with Crippen molar-refractivity contribution in [1.82, 2.24) is 4.31 Å².